The topological polar surface area (TPSA) is 62.0 Å². The van der Waals surface area contributed by atoms with Crippen molar-refractivity contribution in [1.82, 2.24) is 15.5 Å². The van der Waals surface area contributed by atoms with E-state index >= 15 is 0 Å². The highest BCUT2D eigenvalue weighted by Crippen LogP contribution is 2.24. The van der Waals surface area contributed by atoms with Crippen LogP contribution in [0.1, 0.15) is 35.8 Å². The lowest BCUT2D eigenvalue weighted by Gasteiger charge is -2.26. The maximum Gasteiger partial charge on any atom is 0.191 e. The molecule has 28 heavy (non-hydrogen) atoms. The molecule has 1 aliphatic heterocycles. The van der Waals surface area contributed by atoms with Crippen LogP contribution in [0.4, 0.5) is 0 Å². The largest absolute Gasteiger partial charge is 0.496 e. The monoisotopic (exact) mass is 384 g/mol. The first kappa shape index (κ1) is 20.3. The van der Waals surface area contributed by atoms with E-state index in [4.69, 9.17) is 9.15 Å². The van der Waals surface area contributed by atoms with Gasteiger partial charge in [-0.3, -0.25) is 9.89 Å². The van der Waals surface area contributed by atoms with Crippen molar-refractivity contribution in [3.05, 3.63) is 53.5 Å². The first-order valence-corrected chi connectivity index (χ1v) is 10.1. The lowest BCUT2D eigenvalue weighted by atomic mass is 10.1. The molecule has 1 aliphatic rings. The number of hydrogen-bond acceptors (Lipinski definition) is 4. The number of benzene rings is 1. The Morgan fingerprint density at radius 2 is 2.07 bits per heavy atom. The number of aryl methyl sites for hydroxylation is 1. The van der Waals surface area contributed by atoms with Crippen molar-refractivity contribution in [2.45, 2.75) is 32.2 Å². The van der Waals surface area contributed by atoms with E-state index in [2.05, 4.69) is 51.7 Å². The van der Waals surface area contributed by atoms with Crippen LogP contribution < -0.4 is 15.4 Å². The summed E-state index contributed by atoms with van der Waals surface area (Å²) in [6.07, 6.45) is 5.17. The Bertz CT molecular complexity index is 752. The highest BCUT2D eigenvalue weighted by molar-refractivity contribution is 5.79. The van der Waals surface area contributed by atoms with Crippen molar-refractivity contribution < 1.29 is 9.15 Å². The average Bonchev–Trinajstić information content (AvgIpc) is 3.42. The second-order valence-corrected chi connectivity index (χ2v) is 7.21. The van der Waals surface area contributed by atoms with Crippen molar-refractivity contribution in [1.29, 1.82) is 0 Å². The van der Waals surface area contributed by atoms with Crippen molar-refractivity contribution in [2.24, 2.45) is 4.99 Å². The van der Waals surface area contributed by atoms with E-state index in [1.807, 2.05) is 13.1 Å². The summed E-state index contributed by atoms with van der Waals surface area (Å²) in [5.74, 6) is 2.76. The third kappa shape index (κ3) is 5.29. The van der Waals surface area contributed by atoms with Crippen LogP contribution in [0.3, 0.4) is 0 Å². The first-order valence-electron chi connectivity index (χ1n) is 10.1. The van der Waals surface area contributed by atoms with Crippen LogP contribution >= 0.6 is 0 Å². The minimum Gasteiger partial charge on any atom is -0.496 e. The van der Waals surface area contributed by atoms with Crippen molar-refractivity contribution in [3.8, 4) is 5.75 Å². The van der Waals surface area contributed by atoms with Gasteiger partial charge in [-0.25, -0.2) is 0 Å². The molecule has 1 aromatic heterocycles. The number of rotatable bonds is 8. The quantitative estimate of drug-likeness (QED) is 0.541. The summed E-state index contributed by atoms with van der Waals surface area (Å²) >= 11 is 0. The predicted octanol–water partition coefficient (Wildman–Crippen LogP) is 3.14. The molecule has 3 rings (SSSR count). The van der Waals surface area contributed by atoms with Crippen LogP contribution in [-0.4, -0.2) is 51.2 Å². The van der Waals surface area contributed by atoms with E-state index in [9.17, 15) is 0 Å². The van der Waals surface area contributed by atoms with Crippen LogP contribution in [0.15, 0.2) is 46.0 Å². The minimum absolute atomic E-state index is 0.234. The van der Waals surface area contributed by atoms with Gasteiger partial charge in [-0.2, -0.15) is 0 Å². The lowest BCUT2D eigenvalue weighted by Crippen LogP contribution is -2.43. The average molecular weight is 385 g/mol. The highest BCUT2D eigenvalue weighted by atomic mass is 16.5. The van der Waals surface area contributed by atoms with Crippen LogP contribution in [-0.2, 0) is 6.42 Å². The number of methoxy groups -OCH3 is 1. The Kier molecular flexibility index (Phi) is 7.37. The van der Waals surface area contributed by atoms with Gasteiger partial charge in [-0.15, -0.1) is 0 Å². The Labute approximate surface area is 168 Å². The van der Waals surface area contributed by atoms with Gasteiger partial charge in [-0.05, 0) is 68.6 Å². The molecule has 0 saturated carbocycles. The molecule has 0 radical (unpaired) electrons. The molecule has 1 atom stereocenters. The summed E-state index contributed by atoms with van der Waals surface area (Å²) in [7, 11) is 3.52. The normalized spacial score (nSPS) is 16.2. The zero-order chi connectivity index (χ0) is 19.8. The van der Waals surface area contributed by atoms with E-state index in [1.165, 1.54) is 18.4 Å². The molecule has 2 heterocycles. The van der Waals surface area contributed by atoms with Gasteiger partial charge >= 0.3 is 0 Å². The Morgan fingerprint density at radius 3 is 2.75 bits per heavy atom. The van der Waals surface area contributed by atoms with Crippen molar-refractivity contribution in [3.63, 3.8) is 0 Å². The molecular weight excluding hydrogens is 352 g/mol. The number of aliphatic imine (C=N–C) groups is 1. The Balaban J connectivity index is 1.51. The molecule has 1 unspecified atom stereocenters. The second-order valence-electron chi connectivity index (χ2n) is 7.21. The number of hydrogen-bond donors (Lipinski definition) is 2. The van der Waals surface area contributed by atoms with Crippen LogP contribution in [0, 0.1) is 6.92 Å². The fraction of sp³-hybridized carbons (Fsp3) is 0.500. The molecule has 0 bridgehead atoms. The molecule has 0 spiro atoms. The summed E-state index contributed by atoms with van der Waals surface area (Å²) in [4.78, 5) is 6.85. The predicted molar refractivity (Wildman–Crippen MR) is 113 cm³/mol. The zero-order valence-electron chi connectivity index (χ0n) is 17.2. The number of furan rings is 1. The van der Waals surface area contributed by atoms with Crippen molar-refractivity contribution in [2.75, 3.05) is 40.3 Å². The summed E-state index contributed by atoms with van der Waals surface area (Å²) in [6, 6.07) is 10.6. The maximum atomic E-state index is 5.69. The smallest absolute Gasteiger partial charge is 0.191 e. The molecule has 6 heteroatoms. The van der Waals surface area contributed by atoms with Gasteiger partial charge in [0.15, 0.2) is 5.96 Å². The minimum atomic E-state index is 0.234. The van der Waals surface area contributed by atoms with E-state index < -0.39 is 0 Å². The molecule has 152 valence electrons. The van der Waals surface area contributed by atoms with E-state index in [0.29, 0.717) is 0 Å². The summed E-state index contributed by atoms with van der Waals surface area (Å²) in [5.41, 5.74) is 2.40. The molecule has 1 saturated heterocycles. The van der Waals surface area contributed by atoms with Gasteiger partial charge < -0.3 is 19.8 Å². The van der Waals surface area contributed by atoms with Gasteiger partial charge in [-0.1, -0.05) is 12.1 Å². The van der Waals surface area contributed by atoms with Gasteiger partial charge in [0.05, 0.1) is 19.4 Å². The van der Waals surface area contributed by atoms with Crippen LogP contribution in [0.5, 0.6) is 5.75 Å². The van der Waals surface area contributed by atoms with Gasteiger partial charge in [0.25, 0.3) is 0 Å². The molecule has 0 aliphatic carbocycles. The zero-order valence-corrected chi connectivity index (χ0v) is 17.2. The molecule has 6 nitrogen and oxygen atoms in total. The molecule has 1 fully saturated rings. The van der Waals surface area contributed by atoms with Gasteiger partial charge in [0.2, 0.25) is 0 Å². The van der Waals surface area contributed by atoms with Crippen LogP contribution in [0.2, 0.25) is 0 Å². The van der Waals surface area contributed by atoms with E-state index in [-0.39, 0.29) is 6.04 Å². The lowest BCUT2D eigenvalue weighted by molar-refractivity contribution is 0.215. The van der Waals surface area contributed by atoms with E-state index in [1.54, 1.807) is 13.4 Å². The Hall–Kier alpha value is -2.47. The number of likely N-dealkylation sites (tertiary alicyclic amines) is 1. The summed E-state index contributed by atoms with van der Waals surface area (Å²) < 4.78 is 11.1. The SMILES string of the molecule is CN=C(NCCc1ccc(C)c(OC)c1)NCC(c1ccco1)N1CCCC1. The number of nitrogens with zero attached hydrogens (tertiary/aromatic N) is 2. The Morgan fingerprint density at radius 1 is 1.25 bits per heavy atom. The first-order chi connectivity index (χ1) is 13.7. The van der Waals surface area contributed by atoms with Gasteiger partial charge in [0, 0.05) is 20.1 Å². The summed E-state index contributed by atoms with van der Waals surface area (Å²) in [5, 5.41) is 6.88. The molecular formula is C22H32N4O2. The second kappa shape index (κ2) is 10.2. The maximum absolute atomic E-state index is 5.69. The summed E-state index contributed by atoms with van der Waals surface area (Å²) in [6.45, 7) is 5.87. The van der Waals surface area contributed by atoms with Crippen LogP contribution in [0.25, 0.3) is 0 Å². The third-order valence-corrected chi connectivity index (χ3v) is 5.32. The molecule has 2 aromatic rings. The fourth-order valence-corrected chi connectivity index (χ4v) is 3.70. The third-order valence-electron chi connectivity index (χ3n) is 5.32. The van der Waals surface area contributed by atoms with Gasteiger partial charge in [0.1, 0.15) is 11.5 Å². The standard InChI is InChI=1S/C22H32N4O2/c1-17-8-9-18(15-21(17)27-3)10-11-24-22(23-2)25-16-19(20-7-6-14-28-20)26-12-4-5-13-26/h6-9,14-15,19H,4-5,10-13,16H2,1-3H3,(H2,23,24,25). The fourth-order valence-electron chi connectivity index (χ4n) is 3.70. The van der Waals surface area contributed by atoms with E-state index in [0.717, 1.165) is 55.6 Å². The number of guanidine groups is 1. The molecule has 2 N–H and O–H groups in total. The molecule has 0 amide bonds. The number of nitrogens with one attached hydrogen (secondary N) is 2. The van der Waals surface area contributed by atoms with Crippen molar-refractivity contribution >= 4 is 5.96 Å². The highest BCUT2D eigenvalue weighted by Gasteiger charge is 2.25. The molecule has 1 aromatic carbocycles. The number of ether oxygens (including phenoxy) is 1.